The molecule has 1 aliphatic carbocycles. The van der Waals surface area contributed by atoms with Crippen molar-refractivity contribution in [3.63, 3.8) is 0 Å². The lowest BCUT2D eigenvalue weighted by molar-refractivity contribution is 0.401. The number of rotatable bonds is 7. The number of hydrogen-bond donors (Lipinski definition) is 0. The largest absolute Gasteiger partial charge is 0.243 e. The Morgan fingerprint density at radius 1 is 0.963 bits per heavy atom. The zero-order chi connectivity index (χ0) is 19.1. The van der Waals surface area contributed by atoms with E-state index in [1.54, 1.807) is 4.31 Å². The molecule has 2 aliphatic rings. The van der Waals surface area contributed by atoms with E-state index in [0.29, 0.717) is 19.6 Å². The quantitative estimate of drug-likeness (QED) is 0.682. The van der Waals surface area contributed by atoms with Crippen molar-refractivity contribution in [2.45, 2.75) is 48.1 Å². The molecule has 0 N–H and O–H groups in total. The van der Waals surface area contributed by atoms with Gasteiger partial charge in [-0.1, -0.05) is 6.07 Å². The minimum Gasteiger partial charge on any atom is -0.207 e. The summed E-state index contributed by atoms with van der Waals surface area (Å²) in [6, 6.07) is 9.54. The van der Waals surface area contributed by atoms with E-state index in [1.165, 1.54) is 39.9 Å². The summed E-state index contributed by atoms with van der Waals surface area (Å²) in [5.41, 5.74) is 0. The summed E-state index contributed by atoms with van der Waals surface area (Å²) in [6.45, 7) is 1.41. The van der Waals surface area contributed by atoms with Crippen LogP contribution in [0.15, 0.2) is 51.6 Å². The van der Waals surface area contributed by atoms with Crippen LogP contribution in [0.4, 0.5) is 0 Å². The molecule has 0 bridgehead atoms. The Morgan fingerprint density at radius 2 is 1.59 bits per heavy atom. The predicted molar refractivity (Wildman–Crippen MR) is 105 cm³/mol. The highest BCUT2D eigenvalue weighted by Gasteiger charge is 2.38. The summed E-state index contributed by atoms with van der Waals surface area (Å²) in [6.07, 6.45) is 3.47. The van der Waals surface area contributed by atoms with Crippen LogP contribution in [-0.4, -0.2) is 44.6 Å². The fraction of sp³-hybridized carbons (Fsp3) is 0.444. The molecule has 1 saturated carbocycles. The van der Waals surface area contributed by atoms with Gasteiger partial charge in [0.1, 0.15) is 0 Å². The van der Waals surface area contributed by atoms with Gasteiger partial charge in [-0.25, -0.2) is 16.8 Å². The monoisotopic (exact) mass is 426 g/mol. The smallest absolute Gasteiger partial charge is 0.207 e. The first-order valence-electron chi connectivity index (χ1n) is 9.03. The summed E-state index contributed by atoms with van der Waals surface area (Å²) in [5.74, 6) is 0. The van der Waals surface area contributed by atoms with E-state index in [4.69, 9.17) is 0 Å². The van der Waals surface area contributed by atoms with Crippen LogP contribution in [0.5, 0.6) is 0 Å². The van der Waals surface area contributed by atoms with E-state index in [9.17, 15) is 16.8 Å². The normalized spacial score (nSPS) is 19.0. The number of thiophene rings is 1. The standard InChI is InChI=1S/C18H22N2O4S3/c21-26(22,19-11-1-2-12-19)17-7-9-18(10-8-17)27(23,24)20(15-5-6-15)14-16-4-3-13-25-16/h3-4,7-10,13,15H,1-2,5-6,11-12,14H2. The van der Waals surface area contributed by atoms with Gasteiger partial charge in [0.15, 0.2) is 0 Å². The molecule has 27 heavy (non-hydrogen) atoms. The van der Waals surface area contributed by atoms with Crippen molar-refractivity contribution >= 4 is 31.4 Å². The van der Waals surface area contributed by atoms with Gasteiger partial charge in [-0.3, -0.25) is 0 Å². The SMILES string of the molecule is O=S(=O)(c1ccc(S(=O)(=O)N(Cc2cccs2)C2CC2)cc1)N1CCCC1. The maximum atomic E-state index is 13.1. The van der Waals surface area contributed by atoms with Gasteiger partial charge >= 0.3 is 0 Å². The third-order valence-corrected chi connectivity index (χ3v) is 9.67. The van der Waals surface area contributed by atoms with Gasteiger partial charge in [0.05, 0.1) is 9.79 Å². The summed E-state index contributed by atoms with van der Waals surface area (Å²) < 4.78 is 54.5. The van der Waals surface area contributed by atoms with Crippen molar-refractivity contribution in [1.29, 1.82) is 0 Å². The van der Waals surface area contributed by atoms with Crippen LogP contribution in [-0.2, 0) is 26.6 Å². The summed E-state index contributed by atoms with van der Waals surface area (Å²) in [5, 5.41) is 1.94. The number of hydrogen-bond acceptors (Lipinski definition) is 5. The molecule has 4 rings (SSSR count). The average molecular weight is 427 g/mol. The highest BCUT2D eigenvalue weighted by Crippen LogP contribution is 2.34. The Morgan fingerprint density at radius 3 is 2.15 bits per heavy atom. The number of nitrogens with zero attached hydrogens (tertiary/aromatic N) is 2. The van der Waals surface area contributed by atoms with Gasteiger partial charge in [0.25, 0.3) is 0 Å². The van der Waals surface area contributed by atoms with Crippen LogP contribution < -0.4 is 0 Å². The van der Waals surface area contributed by atoms with Gasteiger partial charge in [-0.15, -0.1) is 11.3 Å². The number of benzene rings is 1. The van der Waals surface area contributed by atoms with E-state index in [1.807, 2.05) is 17.5 Å². The number of sulfonamides is 2. The molecule has 1 aliphatic heterocycles. The average Bonchev–Trinajstić information content (AvgIpc) is 3.13. The first-order valence-corrected chi connectivity index (χ1v) is 12.8. The molecule has 0 spiro atoms. The van der Waals surface area contributed by atoms with Crippen LogP contribution in [0.25, 0.3) is 0 Å². The van der Waals surface area contributed by atoms with Crippen LogP contribution in [0.1, 0.15) is 30.6 Å². The van der Waals surface area contributed by atoms with Gasteiger partial charge in [-0.05, 0) is 61.4 Å². The van der Waals surface area contributed by atoms with Gasteiger partial charge in [0.2, 0.25) is 20.0 Å². The minimum absolute atomic E-state index is 0.0325. The fourth-order valence-electron chi connectivity index (χ4n) is 3.33. The first kappa shape index (κ1) is 19.1. The predicted octanol–water partition coefficient (Wildman–Crippen LogP) is 2.89. The highest BCUT2D eigenvalue weighted by atomic mass is 32.2. The lowest BCUT2D eigenvalue weighted by Gasteiger charge is -2.22. The van der Waals surface area contributed by atoms with Crippen molar-refractivity contribution in [2.75, 3.05) is 13.1 Å². The van der Waals surface area contributed by atoms with Gasteiger partial charge in [-0.2, -0.15) is 8.61 Å². The van der Waals surface area contributed by atoms with Crippen LogP contribution in [0.2, 0.25) is 0 Å². The fourth-order valence-corrected chi connectivity index (χ4v) is 7.29. The van der Waals surface area contributed by atoms with Crippen molar-refractivity contribution in [3.05, 3.63) is 46.7 Å². The Bertz CT molecular complexity index is 989. The summed E-state index contributed by atoms with van der Waals surface area (Å²) >= 11 is 1.54. The first-order chi connectivity index (χ1) is 12.9. The molecule has 0 radical (unpaired) electrons. The van der Waals surface area contributed by atoms with E-state index in [0.717, 1.165) is 30.6 Å². The molecule has 1 aromatic heterocycles. The van der Waals surface area contributed by atoms with E-state index < -0.39 is 20.0 Å². The van der Waals surface area contributed by atoms with Crippen molar-refractivity contribution in [1.82, 2.24) is 8.61 Å². The van der Waals surface area contributed by atoms with Crippen LogP contribution >= 0.6 is 11.3 Å². The molecule has 2 fully saturated rings. The molecule has 1 saturated heterocycles. The molecule has 6 nitrogen and oxygen atoms in total. The second-order valence-electron chi connectivity index (χ2n) is 6.94. The van der Waals surface area contributed by atoms with E-state index in [2.05, 4.69) is 0 Å². The minimum atomic E-state index is -3.66. The summed E-state index contributed by atoms with van der Waals surface area (Å²) in [4.78, 5) is 1.30. The molecular formula is C18H22N2O4S3. The lowest BCUT2D eigenvalue weighted by atomic mass is 10.4. The Labute approximate surface area is 164 Å². The second-order valence-corrected chi connectivity index (χ2v) is 11.8. The van der Waals surface area contributed by atoms with Crippen molar-refractivity contribution in [2.24, 2.45) is 0 Å². The van der Waals surface area contributed by atoms with E-state index >= 15 is 0 Å². The molecule has 0 unspecified atom stereocenters. The van der Waals surface area contributed by atoms with Crippen LogP contribution in [0.3, 0.4) is 0 Å². The highest BCUT2D eigenvalue weighted by molar-refractivity contribution is 7.89. The topological polar surface area (TPSA) is 74.8 Å². The molecule has 2 heterocycles. The zero-order valence-electron chi connectivity index (χ0n) is 14.8. The van der Waals surface area contributed by atoms with Crippen LogP contribution in [0, 0.1) is 0 Å². The maximum Gasteiger partial charge on any atom is 0.243 e. The third kappa shape index (κ3) is 3.84. The third-order valence-electron chi connectivity index (χ3n) is 4.98. The lowest BCUT2D eigenvalue weighted by Crippen LogP contribution is -2.32. The molecule has 9 heteroatoms. The maximum absolute atomic E-state index is 13.1. The molecular weight excluding hydrogens is 404 g/mol. The molecule has 2 aromatic rings. The Balaban J connectivity index is 1.60. The summed E-state index contributed by atoms with van der Waals surface area (Å²) in [7, 11) is -7.20. The molecule has 1 aromatic carbocycles. The molecule has 0 amide bonds. The zero-order valence-corrected chi connectivity index (χ0v) is 17.3. The van der Waals surface area contributed by atoms with Gasteiger partial charge in [0, 0.05) is 30.6 Å². The molecule has 0 atom stereocenters. The van der Waals surface area contributed by atoms with E-state index in [-0.39, 0.29) is 15.8 Å². The Hall–Kier alpha value is -1.26. The second kappa shape index (κ2) is 7.29. The Kier molecular flexibility index (Phi) is 5.15. The van der Waals surface area contributed by atoms with Gasteiger partial charge < -0.3 is 0 Å². The van der Waals surface area contributed by atoms with Crippen molar-refractivity contribution < 1.29 is 16.8 Å². The van der Waals surface area contributed by atoms with Crippen molar-refractivity contribution in [3.8, 4) is 0 Å². The molecule has 146 valence electrons.